The van der Waals surface area contributed by atoms with Gasteiger partial charge in [0.05, 0.1) is 0 Å². The maximum absolute atomic E-state index is 11.1. The number of thiazole rings is 1. The molecule has 1 N–H and O–H groups in total. The molecule has 0 aliphatic carbocycles. The minimum absolute atomic E-state index is 0.121. The highest BCUT2D eigenvalue weighted by molar-refractivity contribution is 7.12. The van der Waals surface area contributed by atoms with E-state index in [0.29, 0.717) is 10.8 Å². The smallest absolute Gasteiger partial charge is 0.293 e. The van der Waals surface area contributed by atoms with Crippen molar-refractivity contribution in [1.29, 1.82) is 0 Å². The number of ketones is 1. The van der Waals surface area contributed by atoms with Gasteiger partial charge in [-0.05, 0) is 0 Å². The molecule has 0 bridgehead atoms. The summed E-state index contributed by atoms with van der Waals surface area (Å²) in [5.74, 6) is -0.121. The molecule has 2 aromatic heterocycles. The number of carbonyl (C=O) groups is 1. The van der Waals surface area contributed by atoms with Crippen molar-refractivity contribution in [2.24, 2.45) is 0 Å². The van der Waals surface area contributed by atoms with E-state index in [4.69, 9.17) is 0 Å². The van der Waals surface area contributed by atoms with E-state index >= 15 is 0 Å². The molecule has 0 aliphatic heterocycles. The molecular weight excluding hydrogens is 204 g/mol. The summed E-state index contributed by atoms with van der Waals surface area (Å²) in [5, 5.41) is 7.85. The molecule has 2 rings (SSSR count). The molecule has 0 atom stereocenters. The lowest BCUT2D eigenvalue weighted by atomic mass is 10.4. The summed E-state index contributed by atoms with van der Waals surface area (Å²) in [6.07, 6.45) is 1.32. The van der Waals surface area contributed by atoms with Gasteiger partial charge in [0.1, 0.15) is 12.0 Å². The lowest BCUT2D eigenvalue weighted by Crippen LogP contribution is -2.14. The van der Waals surface area contributed by atoms with Crippen LogP contribution < -0.4 is 5.69 Å². The minimum Gasteiger partial charge on any atom is -0.293 e. The van der Waals surface area contributed by atoms with Crippen molar-refractivity contribution in [3.63, 3.8) is 0 Å². The first kappa shape index (κ1) is 8.82. The monoisotopic (exact) mass is 210 g/mol. The van der Waals surface area contributed by atoms with Gasteiger partial charge in [0.2, 0.25) is 0 Å². The van der Waals surface area contributed by atoms with Crippen molar-refractivity contribution in [3.8, 4) is 5.13 Å². The van der Waals surface area contributed by atoms with Crippen LogP contribution in [0.2, 0.25) is 0 Å². The van der Waals surface area contributed by atoms with Gasteiger partial charge in [0.15, 0.2) is 10.9 Å². The Morgan fingerprint density at radius 3 is 2.93 bits per heavy atom. The van der Waals surface area contributed by atoms with E-state index in [2.05, 4.69) is 15.2 Å². The molecule has 0 spiro atoms. The zero-order valence-electron chi connectivity index (χ0n) is 7.22. The molecule has 0 saturated carbocycles. The van der Waals surface area contributed by atoms with Gasteiger partial charge in [-0.3, -0.25) is 4.79 Å². The van der Waals surface area contributed by atoms with Gasteiger partial charge in [-0.15, -0.1) is 11.3 Å². The molecule has 0 amide bonds. The third kappa shape index (κ3) is 1.37. The molecule has 7 heteroatoms. The average molecular weight is 210 g/mol. The van der Waals surface area contributed by atoms with Gasteiger partial charge in [-0.25, -0.2) is 19.4 Å². The standard InChI is InChI=1S/C7H6N4O2S/c1-4(12)5-2-14-7(9-5)11-3-8-10-6(11)13/h2-3H,1H3,(H,10,13). The summed E-state index contributed by atoms with van der Waals surface area (Å²) in [6, 6.07) is 0. The highest BCUT2D eigenvalue weighted by Gasteiger charge is 2.08. The van der Waals surface area contributed by atoms with Crippen LogP contribution in [-0.2, 0) is 0 Å². The van der Waals surface area contributed by atoms with Crippen molar-refractivity contribution in [2.45, 2.75) is 6.92 Å². The quantitative estimate of drug-likeness (QED) is 0.719. The molecule has 2 aromatic rings. The maximum atomic E-state index is 11.1. The Morgan fingerprint density at radius 2 is 2.43 bits per heavy atom. The normalized spacial score (nSPS) is 10.4. The third-order valence-electron chi connectivity index (χ3n) is 1.61. The SMILES string of the molecule is CC(=O)c1csc(-n2cn[nH]c2=O)n1. The van der Waals surface area contributed by atoms with Gasteiger partial charge in [-0.1, -0.05) is 0 Å². The average Bonchev–Trinajstić information content (AvgIpc) is 2.71. The van der Waals surface area contributed by atoms with Gasteiger partial charge < -0.3 is 0 Å². The first-order valence-electron chi connectivity index (χ1n) is 3.77. The van der Waals surface area contributed by atoms with Gasteiger partial charge in [0.25, 0.3) is 0 Å². The number of hydrogen-bond acceptors (Lipinski definition) is 5. The zero-order valence-corrected chi connectivity index (χ0v) is 8.04. The van der Waals surface area contributed by atoms with Crippen molar-refractivity contribution in [2.75, 3.05) is 0 Å². The van der Waals surface area contributed by atoms with Gasteiger partial charge in [-0.2, -0.15) is 5.10 Å². The number of nitrogens with zero attached hydrogens (tertiary/aromatic N) is 3. The van der Waals surface area contributed by atoms with E-state index < -0.39 is 0 Å². The molecule has 0 saturated heterocycles. The molecule has 6 nitrogen and oxygen atoms in total. The number of nitrogens with one attached hydrogen (secondary N) is 1. The fourth-order valence-corrected chi connectivity index (χ4v) is 1.75. The fourth-order valence-electron chi connectivity index (χ4n) is 0.921. The Morgan fingerprint density at radius 1 is 1.64 bits per heavy atom. The van der Waals surface area contributed by atoms with E-state index in [-0.39, 0.29) is 11.5 Å². The molecule has 0 aliphatic rings. The lowest BCUT2D eigenvalue weighted by molar-refractivity contribution is 0.101. The van der Waals surface area contributed by atoms with E-state index in [1.54, 1.807) is 5.38 Å². The summed E-state index contributed by atoms with van der Waals surface area (Å²) in [7, 11) is 0. The number of aromatic amines is 1. The Labute approximate surface area is 82.2 Å². The van der Waals surface area contributed by atoms with Crippen LogP contribution in [0.4, 0.5) is 0 Å². The number of H-pyrrole nitrogens is 1. The summed E-state index contributed by atoms with van der Waals surface area (Å²) in [6.45, 7) is 1.43. The zero-order chi connectivity index (χ0) is 10.1. The minimum atomic E-state index is -0.366. The second kappa shape index (κ2) is 3.18. The lowest BCUT2D eigenvalue weighted by Gasteiger charge is -1.89. The van der Waals surface area contributed by atoms with Crippen molar-refractivity contribution in [3.05, 3.63) is 27.9 Å². The Hall–Kier alpha value is -1.76. The maximum Gasteiger partial charge on any atom is 0.349 e. The van der Waals surface area contributed by atoms with Crippen LogP contribution >= 0.6 is 11.3 Å². The van der Waals surface area contributed by atoms with Gasteiger partial charge in [0, 0.05) is 12.3 Å². The summed E-state index contributed by atoms with van der Waals surface area (Å²) >= 11 is 1.22. The van der Waals surface area contributed by atoms with Crippen LogP contribution in [0, 0.1) is 0 Å². The molecule has 2 heterocycles. The first-order valence-corrected chi connectivity index (χ1v) is 4.65. The fraction of sp³-hybridized carbons (Fsp3) is 0.143. The Kier molecular flexibility index (Phi) is 2.01. The molecule has 0 aromatic carbocycles. The summed E-state index contributed by atoms with van der Waals surface area (Å²) in [5.41, 5.74) is -0.00690. The summed E-state index contributed by atoms with van der Waals surface area (Å²) in [4.78, 5) is 26.1. The molecule has 72 valence electrons. The largest absolute Gasteiger partial charge is 0.349 e. The predicted octanol–water partition coefficient (Wildman–Crippen LogP) is 0.220. The van der Waals surface area contributed by atoms with Crippen molar-refractivity contribution >= 4 is 17.1 Å². The van der Waals surface area contributed by atoms with E-state index in [1.807, 2.05) is 0 Å². The Bertz CT molecular complexity index is 524. The van der Waals surface area contributed by atoms with Crippen LogP contribution in [0.5, 0.6) is 0 Å². The van der Waals surface area contributed by atoms with Gasteiger partial charge >= 0.3 is 5.69 Å². The Balaban J connectivity index is 2.49. The molecule has 0 radical (unpaired) electrons. The van der Waals surface area contributed by atoms with Crippen LogP contribution in [0.15, 0.2) is 16.5 Å². The number of aromatic nitrogens is 4. The summed E-state index contributed by atoms with van der Waals surface area (Å²) < 4.78 is 1.25. The third-order valence-corrected chi connectivity index (χ3v) is 2.45. The van der Waals surface area contributed by atoms with Crippen LogP contribution in [0.25, 0.3) is 5.13 Å². The topological polar surface area (TPSA) is 80.6 Å². The first-order chi connectivity index (χ1) is 6.68. The predicted molar refractivity (Wildman–Crippen MR) is 49.9 cm³/mol. The van der Waals surface area contributed by atoms with E-state index in [0.717, 1.165) is 0 Å². The molecule has 0 unspecified atom stereocenters. The second-order valence-electron chi connectivity index (χ2n) is 2.60. The highest BCUT2D eigenvalue weighted by Crippen LogP contribution is 2.12. The highest BCUT2D eigenvalue weighted by atomic mass is 32.1. The number of hydrogen-bond donors (Lipinski definition) is 1. The van der Waals surface area contributed by atoms with Crippen LogP contribution in [0.3, 0.4) is 0 Å². The number of rotatable bonds is 2. The van der Waals surface area contributed by atoms with Crippen molar-refractivity contribution in [1.82, 2.24) is 19.7 Å². The number of carbonyl (C=O) groups excluding carboxylic acids is 1. The van der Waals surface area contributed by atoms with E-state index in [9.17, 15) is 9.59 Å². The molecule has 14 heavy (non-hydrogen) atoms. The van der Waals surface area contributed by atoms with Crippen molar-refractivity contribution < 1.29 is 4.79 Å². The van der Waals surface area contributed by atoms with Crippen LogP contribution in [-0.4, -0.2) is 25.5 Å². The molecule has 0 fully saturated rings. The number of Topliss-reactive ketones (excluding diaryl/α,β-unsaturated/α-hetero) is 1. The van der Waals surface area contributed by atoms with E-state index in [1.165, 1.54) is 29.2 Å². The van der Waals surface area contributed by atoms with Crippen LogP contribution in [0.1, 0.15) is 17.4 Å². The molecular formula is C7H6N4O2S. The second-order valence-corrected chi connectivity index (χ2v) is 3.44.